The molecule has 1 amide bonds. The Labute approximate surface area is 96.8 Å². The van der Waals surface area contributed by atoms with Gasteiger partial charge in [-0.3, -0.25) is 9.89 Å². The number of rotatable bonds is 3. The molecule has 4 N–H and O–H groups in total. The van der Waals surface area contributed by atoms with Gasteiger partial charge in [0, 0.05) is 6.54 Å². The molecule has 0 saturated heterocycles. The summed E-state index contributed by atoms with van der Waals surface area (Å²) in [5.41, 5.74) is 6.69. The van der Waals surface area contributed by atoms with E-state index in [0.29, 0.717) is 5.56 Å². The maximum Gasteiger partial charge on any atom is 0.271 e. The molecule has 0 unspecified atom stereocenters. The van der Waals surface area contributed by atoms with Crippen molar-refractivity contribution in [3.05, 3.63) is 47.5 Å². The van der Waals surface area contributed by atoms with Crippen LogP contribution in [0.1, 0.15) is 16.1 Å². The van der Waals surface area contributed by atoms with E-state index < -0.39 is 0 Å². The van der Waals surface area contributed by atoms with Gasteiger partial charge in [-0.2, -0.15) is 5.10 Å². The first-order chi connectivity index (χ1) is 8.16. The van der Waals surface area contributed by atoms with Crippen LogP contribution in [0.15, 0.2) is 30.5 Å². The fourth-order valence-electron chi connectivity index (χ4n) is 1.39. The lowest BCUT2D eigenvalue weighted by molar-refractivity contribution is 0.0946. The van der Waals surface area contributed by atoms with Crippen LogP contribution >= 0.6 is 0 Å². The molecule has 0 aliphatic carbocycles. The molecule has 1 heterocycles. The SMILES string of the molecule is Nc1cn[nH]c1C(=O)NCc1cccc(F)c1. The summed E-state index contributed by atoms with van der Waals surface area (Å²) < 4.78 is 12.9. The van der Waals surface area contributed by atoms with E-state index in [1.807, 2.05) is 0 Å². The van der Waals surface area contributed by atoms with E-state index in [0.717, 1.165) is 0 Å². The number of aromatic amines is 1. The lowest BCUT2D eigenvalue weighted by Crippen LogP contribution is -2.24. The summed E-state index contributed by atoms with van der Waals surface area (Å²) in [6.45, 7) is 0.231. The highest BCUT2D eigenvalue weighted by atomic mass is 19.1. The van der Waals surface area contributed by atoms with Gasteiger partial charge < -0.3 is 11.1 Å². The third-order valence-electron chi connectivity index (χ3n) is 2.24. The average molecular weight is 234 g/mol. The molecule has 0 aliphatic heterocycles. The number of H-pyrrole nitrogens is 1. The van der Waals surface area contributed by atoms with Crippen LogP contribution in [0.2, 0.25) is 0 Å². The molecule has 1 aromatic carbocycles. The molecule has 0 fully saturated rings. The Balaban J connectivity index is 1.99. The van der Waals surface area contributed by atoms with E-state index in [4.69, 9.17) is 5.73 Å². The number of nitrogens with one attached hydrogen (secondary N) is 2. The number of carbonyl (C=O) groups excluding carboxylic acids is 1. The number of nitrogen functional groups attached to an aromatic ring is 1. The molecule has 2 aromatic rings. The van der Waals surface area contributed by atoms with Crippen LogP contribution in [0.4, 0.5) is 10.1 Å². The number of amides is 1. The first-order valence-electron chi connectivity index (χ1n) is 4.98. The van der Waals surface area contributed by atoms with Gasteiger partial charge >= 0.3 is 0 Å². The molecule has 0 radical (unpaired) electrons. The normalized spacial score (nSPS) is 10.2. The van der Waals surface area contributed by atoms with E-state index in [1.54, 1.807) is 12.1 Å². The third kappa shape index (κ3) is 2.60. The van der Waals surface area contributed by atoms with Crippen LogP contribution in [0.5, 0.6) is 0 Å². The monoisotopic (exact) mass is 234 g/mol. The molecule has 2 rings (SSSR count). The van der Waals surface area contributed by atoms with Gasteiger partial charge in [0.05, 0.1) is 11.9 Å². The molecule has 0 bridgehead atoms. The Morgan fingerprint density at radius 2 is 2.35 bits per heavy atom. The Morgan fingerprint density at radius 1 is 1.53 bits per heavy atom. The highest BCUT2D eigenvalue weighted by molar-refractivity contribution is 5.96. The van der Waals surface area contributed by atoms with Crippen LogP contribution in [0.25, 0.3) is 0 Å². The number of aromatic nitrogens is 2. The molecule has 5 nitrogen and oxygen atoms in total. The fourth-order valence-corrected chi connectivity index (χ4v) is 1.39. The molecule has 88 valence electrons. The van der Waals surface area contributed by atoms with E-state index >= 15 is 0 Å². The van der Waals surface area contributed by atoms with Crippen molar-refractivity contribution >= 4 is 11.6 Å². The minimum Gasteiger partial charge on any atom is -0.396 e. The van der Waals surface area contributed by atoms with Crippen molar-refractivity contribution in [2.24, 2.45) is 0 Å². The Bertz CT molecular complexity index is 538. The van der Waals surface area contributed by atoms with E-state index in [2.05, 4.69) is 15.5 Å². The van der Waals surface area contributed by atoms with Crippen molar-refractivity contribution < 1.29 is 9.18 Å². The quantitative estimate of drug-likeness (QED) is 0.742. The van der Waals surface area contributed by atoms with Gasteiger partial charge in [-0.05, 0) is 17.7 Å². The topological polar surface area (TPSA) is 83.8 Å². The summed E-state index contributed by atoms with van der Waals surface area (Å²) in [5, 5.41) is 8.75. The summed E-state index contributed by atoms with van der Waals surface area (Å²) in [4.78, 5) is 11.6. The van der Waals surface area contributed by atoms with Gasteiger partial charge in [-0.15, -0.1) is 0 Å². The number of nitrogens with zero attached hydrogens (tertiary/aromatic N) is 1. The number of benzene rings is 1. The minimum atomic E-state index is -0.371. The number of halogens is 1. The second-order valence-corrected chi connectivity index (χ2v) is 3.51. The minimum absolute atomic E-state index is 0.210. The van der Waals surface area contributed by atoms with Crippen molar-refractivity contribution in [2.45, 2.75) is 6.54 Å². The second kappa shape index (κ2) is 4.65. The standard InChI is InChI=1S/C11H11FN4O/c12-8-3-1-2-7(4-8)5-14-11(17)10-9(13)6-15-16-10/h1-4,6H,5,13H2,(H,14,17)(H,15,16). The molecule has 0 atom stereocenters. The predicted molar refractivity (Wildman–Crippen MR) is 60.6 cm³/mol. The van der Waals surface area contributed by atoms with Gasteiger partial charge in [-0.1, -0.05) is 12.1 Å². The zero-order chi connectivity index (χ0) is 12.3. The average Bonchev–Trinajstić information content (AvgIpc) is 2.72. The zero-order valence-electron chi connectivity index (χ0n) is 8.90. The van der Waals surface area contributed by atoms with Crippen LogP contribution in [0.3, 0.4) is 0 Å². The van der Waals surface area contributed by atoms with Gasteiger partial charge in [0.15, 0.2) is 0 Å². The van der Waals surface area contributed by atoms with E-state index in [1.165, 1.54) is 18.3 Å². The third-order valence-corrected chi connectivity index (χ3v) is 2.24. The Hall–Kier alpha value is -2.37. The molecule has 0 saturated carbocycles. The van der Waals surface area contributed by atoms with Crippen LogP contribution in [0, 0.1) is 5.82 Å². The van der Waals surface area contributed by atoms with Crippen molar-refractivity contribution in [3.63, 3.8) is 0 Å². The highest BCUT2D eigenvalue weighted by Gasteiger charge is 2.10. The molecule has 17 heavy (non-hydrogen) atoms. The number of hydrogen-bond donors (Lipinski definition) is 3. The molecule has 0 spiro atoms. The summed E-state index contributed by atoms with van der Waals surface area (Å²) in [6.07, 6.45) is 1.36. The lowest BCUT2D eigenvalue weighted by atomic mass is 10.2. The summed E-state index contributed by atoms with van der Waals surface area (Å²) in [7, 11) is 0. The molecular formula is C11H11FN4O. The number of anilines is 1. The fraction of sp³-hybridized carbons (Fsp3) is 0.0909. The second-order valence-electron chi connectivity index (χ2n) is 3.51. The number of hydrogen-bond acceptors (Lipinski definition) is 3. The predicted octanol–water partition coefficient (Wildman–Crippen LogP) is 1.06. The molecule has 1 aromatic heterocycles. The largest absolute Gasteiger partial charge is 0.396 e. The van der Waals surface area contributed by atoms with Crippen molar-refractivity contribution in [2.75, 3.05) is 5.73 Å². The molecular weight excluding hydrogens is 223 g/mol. The number of carbonyl (C=O) groups is 1. The summed E-state index contributed by atoms with van der Waals surface area (Å²) in [6, 6.07) is 6.01. The van der Waals surface area contributed by atoms with Crippen molar-refractivity contribution in [3.8, 4) is 0 Å². The van der Waals surface area contributed by atoms with Gasteiger partial charge in [0.25, 0.3) is 5.91 Å². The van der Waals surface area contributed by atoms with Crippen LogP contribution in [-0.2, 0) is 6.54 Å². The van der Waals surface area contributed by atoms with Gasteiger partial charge in [0.2, 0.25) is 0 Å². The van der Waals surface area contributed by atoms with Crippen molar-refractivity contribution in [1.29, 1.82) is 0 Å². The Kier molecular flexibility index (Phi) is 3.04. The highest BCUT2D eigenvalue weighted by Crippen LogP contribution is 2.07. The summed E-state index contributed by atoms with van der Waals surface area (Å²) in [5.74, 6) is -0.706. The first kappa shape index (κ1) is 11.1. The molecule has 6 heteroatoms. The van der Waals surface area contributed by atoms with Gasteiger partial charge in [-0.25, -0.2) is 4.39 Å². The van der Waals surface area contributed by atoms with E-state index in [-0.39, 0.29) is 29.7 Å². The van der Waals surface area contributed by atoms with E-state index in [9.17, 15) is 9.18 Å². The number of nitrogens with two attached hydrogens (primary N) is 1. The lowest BCUT2D eigenvalue weighted by Gasteiger charge is -2.04. The van der Waals surface area contributed by atoms with Crippen molar-refractivity contribution in [1.82, 2.24) is 15.5 Å². The summed E-state index contributed by atoms with van der Waals surface area (Å²) >= 11 is 0. The first-order valence-corrected chi connectivity index (χ1v) is 4.98. The van der Waals surface area contributed by atoms with Crippen LogP contribution < -0.4 is 11.1 Å². The van der Waals surface area contributed by atoms with Gasteiger partial charge in [0.1, 0.15) is 11.5 Å². The Morgan fingerprint density at radius 3 is 3.00 bits per heavy atom. The zero-order valence-corrected chi connectivity index (χ0v) is 8.90. The maximum absolute atomic E-state index is 12.9. The maximum atomic E-state index is 12.9. The molecule has 0 aliphatic rings. The van der Waals surface area contributed by atoms with Crippen LogP contribution in [-0.4, -0.2) is 16.1 Å². The smallest absolute Gasteiger partial charge is 0.271 e.